The summed E-state index contributed by atoms with van der Waals surface area (Å²) in [7, 11) is 0. The Morgan fingerprint density at radius 2 is 1.21 bits per heavy atom. The Balaban J connectivity index is 0.000000200. The van der Waals surface area contributed by atoms with E-state index in [0.717, 1.165) is 33.9 Å². The van der Waals surface area contributed by atoms with Crippen LogP contribution in [0.3, 0.4) is 0 Å². The molecule has 4 aromatic carbocycles. The fraction of sp³-hybridized carbons (Fsp3) is 0.0286. The van der Waals surface area contributed by atoms with E-state index in [0.29, 0.717) is 0 Å². The van der Waals surface area contributed by atoms with Crippen molar-refractivity contribution in [2.75, 3.05) is 5.32 Å². The molecule has 0 amide bonds. The third kappa shape index (κ3) is 5.58. The van der Waals surface area contributed by atoms with Crippen LogP contribution in [0, 0.1) is 19.1 Å². The zero-order chi connectivity index (χ0) is 25.7. The predicted octanol–water partition coefficient (Wildman–Crippen LogP) is 8.79. The number of pyridine rings is 2. The van der Waals surface area contributed by atoms with E-state index >= 15 is 0 Å². The second-order valence-electron chi connectivity index (χ2n) is 9.03. The average Bonchev–Trinajstić information content (AvgIpc) is 3.00. The Morgan fingerprint density at radius 1 is 0.564 bits per heavy atom. The van der Waals surface area contributed by atoms with Gasteiger partial charge in [-0.05, 0) is 58.9 Å². The van der Waals surface area contributed by atoms with Crippen LogP contribution in [-0.4, -0.2) is 9.97 Å². The SMILES string of the molecule is Cc1c2cccc1-c1cc(-c3ccccn3)[c-]cc1Nc1ccccc1-2.[Ir].[c-]1ccccc1-c1ccccn1. The molecule has 191 valence electrons. The van der Waals surface area contributed by atoms with Gasteiger partial charge >= 0.3 is 0 Å². The zero-order valence-corrected chi connectivity index (χ0v) is 23.7. The molecule has 0 spiro atoms. The number of nitrogens with one attached hydrogen (secondary N) is 1. The van der Waals surface area contributed by atoms with Crippen molar-refractivity contribution in [2.24, 2.45) is 0 Å². The second kappa shape index (κ2) is 12.0. The summed E-state index contributed by atoms with van der Waals surface area (Å²) >= 11 is 0. The van der Waals surface area contributed by atoms with Gasteiger partial charge in [-0.15, -0.1) is 59.7 Å². The molecule has 1 aliphatic heterocycles. The van der Waals surface area contributed by atoms with Crippen LogP contribution in [0.25, 0.3) is 44.8 Å². The third-order valence-corrected chi connectivity index (χ3v) is 6.65. The van der Waals surface area contributed by atoms with Gasteiger partial charge in [0.05, 0.1) is 0 Å². The van der Waals surface area contributed by atoms with Crippen molar-refractivity contribution in [1.29, 1.82) is 0 Å². The average molecular weight is 680 g/mol. The first kappa shape index (κ1) is 26.2. The number of benzene rings is 4. The molecule has 0 fully saturated rings. The van der Waals surface area contributed by atoms with Gasteiger partial charge in [0.1, 0.15) is 0 Å². The van der Waals surface area contributed by atoms with Crippen molar-refractivity contribution < 1.29 is 20.1 Å². The molecule has 0 saturated heterocycles. The molecular formula is C35H25IrN3-2. The smallest absolute Gasteiger partial charge is 0.0381 e. The van der Waals surface area contributed by atoms with Gasteiger partial charge in [0.25, 0.3) is 0 Å². The van der Waals surface area contributed by atoms with Gasteiger partial charge in [-0.2, -0.15) is 0 Å². The number of hydrogen-bond donors (Lipinski definition) is 1. The third-order valence-electron chi connectivity index (χ3n) is 6.65. The Bertz CT molecular complexity index is 1650. The fourth-order valence-corrected chi connectivity index (χ4v) is 4.75. The van der Waals surface area contributed by atoms with Gasteiger partial charge < -0.3 is 15.3 Å². The molecule has 39 heavy (non-hydrogen) atoms. The number of anilines is 2. The summed E-state index contributed by atoms with van der Waals surface area (Å²) in [6.07, 6.45) is 3.61. The molecule has 0 saturated carbocycles. The van der Waals surface area contributed by atoms with Gasteiger partial charge in [0, 0.05) is 43.7 Å². The first-order valence-corrected chi connectivity index (χ1v) is 12.6. The van der Waals surface area contributed by atoms with Crippen LogP contribution < -0.4 is 5.32 Å². The molecule has 6 aromatic rings. The quantitative estimate of drug-likeness (QED) is 0.186. The Labute approximate surface area is 243 Å². The molecule has 1 radical (unpaired) electrons. The van der Waals surface area contributed by atoms with Gasteiger partial charge in [-0.3, -0.25) is 0 Å². The number of hydrogen-bond acceptors (Lipinski definition) is 3. The van der Waals surface area contributed by atoms with Gasteiger partial charge in [-0.1, -0.05) is 66.2 Å². The van der Waals surface area contributed by atoms with Crippen molar-refractivity contribution in [2.45, 2.75) is 6.92 Å². The van der Waals surface area contributed by atoms with Crippen LogP contribution in [0.1, 0.15) is 5.56 Å². The summed E-state index contributed by atoms with van der Waals surface area (Å²) in [5.74, 6) is 0. The molecule has 1 aliphatic rings. The van der Waals surface area contributed by atoms with E-state index in [1.54, 1.807) is 6.20 Å². The molecule has 3 heterocycles. The van der Waals surface area contributed by atoms with E-state index < -0.39 is 0 Å². The van der Waals surface area contributed by atoms with Crippen LogP contribution in [0.4, 0.5) is 11.4 Å². The molecule has 1 N–H and O–H groups in total. The topological polar surface area (TPSA) is 37.8 Å². The van der Waals surface area contributed by atoms with E-state index in [-0.39, 0.29) is 20.1 Å². The van der Waals surface area contributed by atoms with Crippen molar-refractivity contribution in [3.63, 3.8) is 0 Å². The van der Waals surface area contributed by atoms with E-state index in [4.69, 9.17) is 0 Å². The molecule has 4 heteroatoms. The summed E-state index contributed by atoms with van der Waals surface area (Å²) in [6, 6.07) is 45.4. The molecule has 0 aliphatic carbocycles. The molecule has 3 nitrogen and oxygen atoms in total. The first-order valence-electron chi connectivity index (χ1n) is 12.6. The maximum absolute atomic E-state index is 4.48. The molecule has 7 rings (SSSR count). The Hall–Kier alpha value is -4.37. The number of aromatic nitrogens is 2. The Kier molecular flexibility index (Phi) is 8.07. The maximum atomic E-state index is 4.48. The zero-order valence-electron chi connectivity index (χ0n) is 21.4. The summed E-state index contributed by atoms with van der Waals surface area (Å²) in [5, 5.41) is 3.61. The van der Waals surface area contributed by atoms with E-state index in [1.807, 2.05) is 72.9 Å². The van der Waals surface area contributed by atoms with Crippen LogP contribution in [0.2, 0.25) is 0 Å². The number of nitrogens with zero attached hydrogens (tertiary/aromatic N) is 2. The van der Waals surface area contributed by atoms with Crippen LogP contribution >= 0.6 is 0 Å². The molecule has 0 atom stereocenters. The maximum Gasteiger partial charge on any atom is 0.0381 e. The molecule has 0 unspecified atom stereocenters. The summed E-state index contributed by atoms with van der Waals surface area (Å²) in [5.41, 5.74) is 12.3. The largest absolute Gasteiger partial charge is 0.394 e. The van der Waals surface area contributed by atoms with E-state index in [2.05, 4.69) is 82.9 Å². The molecule has 2 bridgehead atoms. The standard InChI is InChI=1S/C24H17N2.C11H8N.Ir/c1-16-18-8-6-9-19(16)21-15-17(22-10-4-5-14-25-22)12-13-24(21)26-23-11-3-2-7-20(18)23;1-2-6-10(7-3-1)11-8-4-5-9-12-11;/h2-11,13-15,26H,1H3;1-6,8-9H;/q2*-1;. The fourth-order valence-electron chi connectivity index (χ4n) is 4.75. The minimum atomic E-state index is 0. The minimum absolute atomic E-state index is 0. The molecule has 2 aromatic heterocycles. The summed E-state index contributed by atoms with van der Waals surface area (Å²) in [4.78, 5) is 8.70. The molecular weight excluding hydrogens is 655 g/mol. The van der Waals surface area contributed by atoms with Crippen LogP contribution in [-0.2, 0) is 20.1 Å². The van der Waals surface area contributed by atoms with Crippen molar-refractivity contribution in [1.82, 2.24) is 9.97 Å². The summed E-state index contributed by atoms with van der Waals surface area (Å²) < 4.78 is 0. The van der Waals surface area contributed by atoms with Crippen LogP contribution in [0.15, 0.2) is 128 Å². The number of rotatable bonds is 2. The van der Waals surface area contributed by atoms with E-state index in [9.17, 15) is 0 Å². The number of para-hydroxylation sites is 1. The monoisotopic (exact) mass is 680 g/mol. The Morgan fingerprint density at radius 3 is 1.90 bits per heavy atom. The van der Waals surface area contributed by atoms with Gasteiger partial charge in [0.15, 0.2) is 0 Å². The van der Waals surface area contributed by atoms with Crippen molar-refractivity contribution >= 4 is 11.4 Å². The second-order valence-corrected chi connectivity index (χ2v) is 9.03. The van der Waals surface area contributed by atoms with Gasteiger partial charge in [-0.25, -0.2) is 0 Å². The normalized spacial score (nSPS) is 10.7. The van der Waals surface area contributed by atoms with Crippen molar-refractivity contribution in [3.05, 3.63) is 145 Å². The predicted molar refractivity (Wildman–Crippen MR) is 156 cm³/mol. The van der Waals surface area contributed by atoms with Gasteiger partial charge in [0.2, 0.25) is 0 Å². The summed E-state index contributed by atoms with van der Waals surface area (Å²) in [6.45, 7) is 2.20. The van der Waals surface area contributed by atoms with Crippen molar-refractivity contribution in [3.8, 4) is 44.8 Å². The minimum Gasteiger partial charge on any atom is -0.394 e. The van der Waals surface area contributed by atoms with Crippen LogP contribution in [0.5, 0.6) is 0 Å². The number of fused-ring (bicyclic) bond motifs is 6. The van der Waals surface area contributed by atoms with E-state index in [1.165, 1.54) is 27.8 Å². The first-order chi connectivity index (χ1) is 18.8.